The van der Waals surface area contributed by atoms with Crippen molar-refractivity contribution in [1.82, 2.24) is 14.8 Å². The van der Waals surface area contributed by atoms with E-state index >= 15 is 0 Å². The lowest BCUT2D eigenvalue weighted by molar-refractivity contribution is -0.138. The Morgan fingerprint density at radius 1 is 1.27 bits per heavy atom. The summed E-state index contributed by atoms with van der Waals surface area (Å²) in [4.78, 5) is 17.8. The maximum atomic E-state index is 13.1. The van der Waals surface area contributed by atoms with Gasteiger partial charge in [0.05, 0.1) is 5.57 Å². The number of nitrogens with zero attached hydrogens (tertiary/aromatic N) is 3. The van der Waals surface area contributed by atoms with Crippen LogP contribution in [0.4, 0.5) is 5.95 Å². The third-order valence-corrected chi connectivity index (χ3v) is 7.21. The molecule has 1 aromatic heterocycles. The molecule has 0 amide bonds. The van der Waals surface area contributed by atoms with Crippen molar-refractivity contribution < 1.29 is 14.3 Å². The van der Waals surface area contributed by atoms with Crippen molar-refractivity contribution in [2.45, 2.75) is 44.5 Å². The van der Waals surface area contributed by atoms with Gasteiger partial charge in [-0.2, -0.15) is 4.98 Å². The zero-order valence-corrected chi connectivity index (χ0v) is 23.0. The van der Waals surface area contributed by atoms with Crippen LogP contribution in [0.5, 0.6) is 5.75 Å². The van der Waals surface area contributed by atoms with Gasteiger partial charge in [-0.25, -0.2) is 9.48 Å². The first-order valence-electron chi connectivity index (χ1n) is 11.9. The van der Waals surface area contributed by atoms with Crippen LogP contribution in [0.25, 0.3) is 0 Å². The fraction of sp³-hybridized carbons (Fsp3) is 0.296. The predicted octanol–water partition coefficient (Wildman–Crippen LogP) is 7.07. The second-order valence-corrected chi connectivity index (χ2v) is 10.3. The van der Waals surface area contributed by atoms with Crippen molar-refractivity contribution in [3.63, 3.8) is 0 Å². The van der Waals surface area contributed by atoms with E-state index in [-0.39, 0.29) is 13.2 Å². The number of carbonyl (C=O) groups is 1. The molecule has 1 atom stereocenters. The number of allylic oxidation sites excluding steroid dienone is 1. The summed E-state index contributed by atoms with van der Waals surface area (Å²) < 4.78 is 13.2. The lowest BCUT2D eigenvalue weighted by Gasteiger charge is -2.28. The van der Waals surface area contributed by atoms with Gasteiger partial charge >= 0.3 is 5.97 Å². The largest absolute Gasteiger partial charge is 0.489 e. The highest BCUT2D eigenvalue weighted by molar-refractivity contribution is 7.99. The predicted molar refractivity (Wildman–Crippen MR) is 149 cm³/mol. The lowest BCUT2D eigenvalue weighted by atomic mass is 9.95. The number of anilines is 1. The minimum absolute atomic E-state index is 0.107. The van der Waals surface area contributed by atoms with Crippen LogP contribution in [0, 0.1) is 0 Å². The van der Waals surface area contributed by atoms with Crippen molar-refractivity contribution in [2.24, 2.45) is 0 Å². The number of ether oxygens (including phenoxy) is 2. The van der Waals surface area contributed by atoms with Crippen molar-refractivity contribution in [3.05, 3.63) is 87.6 Å². The summed E-state index contributed by atoms with van der Waals surface area (Å²) in [6.07, 6.45) is 3.70. The van der Waals surface area contributed by atoms with E-state index in [0.29, 0.717) is 38.2 Å². The SMILES string of the molecule is C=CCOC(=O)C1=C(C)Nc2nc(SCCCC)nn2C1c1cccc(OCc2ccc(Cl)cc2Cl)c1. The van der Waals surface area contributed by atoms with Crippen LogP contribution >= 0.6 is 35.0 Å². The number of thioether (sulfide) groups is 1. The van der Waals surface area contributed by atoms with Gasteiger partial charge < -0.3 is 14.8 Å². The van der Waals surface area contributed by atoms with Crippen molar-refractivity contribution >= 4 is 46.9 Å². The Morgan fingerprint density at radius 3 is 2.86 bits per heavy atom. The summed E-state index contributed by atoms with van der Waals surface area (Å²) in [5.74, 6) is 1.66. The van der Waals surface area contributed by atoms with Gasteiger partial charge in [0.1, 0.15) is 25.0 Å². The van der Waals surface area contributed by atoms with E-state index in [2.05, 4.69) is 23.8 Å². The molecular formula is C27H28Cl2N4O3S. The van der Waals surface area contributed by atoms with Gasteiger partial charge in [0.2, 0.25) is 11.1 Å². The number of hydrogen-bond donors (Lipinski definition) is 1. The Labute approximate surface area is 230 Å². The van der Waals surface area contributed by atoms with Gasteiger partial charge in [-0.1, -0.05) is 79.2 Å². The summed E-state index contributed by atoms with van der Waals surface area (Å²) in [5, 5.41) is 9.72. The first-order chi connectivity index (χ1) is 17.9. The van der Waals surface area contributed by atoms with Crippen LogP contribution in [0.15, 0.2) is 71.5 Å². The van der Waals surface area contributed by atoms with Gasteiger partial charge in [-0.05, 0) is 43.2 Å². The highest BCUT2D eigenvalue weighted by Crippen LogP contribution is 2.38. The summed E-state index contributed by atoms with van der Waals surface area (Å²) in [7, 11) is 0. The molecule has 1 aliphatic heterocycles. The third-order valence-electron chi connectivity index (χ3n) is 5.70. The minimum atomic E-state index is -0.552. The molecule has 3 aromatic rings. The van der Waals surface area contributed by atoms with Crippen LogP contribution in [0.1, 0.15) is 43.9 Å². The Bertz CT molecular complexity index is 1320. The molecule has 7 nitrogen and oxygen atoms in total. The maximum absolute atomic E-state index is 13.1. The van der Waals surface area contributed by atoms with Gasteiger partial charge in [0.25, 0.3) is 0 Å². The number of carbonyl (C=O) groups excluding carboxylic acids is 1. The molecule has 1 unspecified atom stereocenters. The van der Waals surface area contributed by atoms with E-state index in [9.17, 15) is 4.79 Å². The summed E-state index contributed by atoms with van der Waals surface area (Å²) in [5.41, 5.74) is 2.73. The molecule has 0 radical (unpaired) electrons. The molecule has 10 heteroatoms. The number of hydrogen-bond acceptors (Lipinski definition) is 7. The Balaban J connectivity index is 1.67. The molecule has 2 aromatic carbocycles. The number of benzene rings is 2. The Kier molecular flexibility index (Phi) is 9.18. The van der Waals surface area contributed by atoms with Crippen molar-refractivity contribution in [2.75, 3.05) is 17.7 Å². The monoisotopic (exact) mass is 558 g/mol. The average Bonchev–Trinajstić information content (AvgIpc) is 3.28. The molecule has 0 aliphatic carbocycles. The smallest absolute Gasteiger partial charge is 0.338 e. The van der Waals surface area contributed by atoms with Gasteiger partial charge in [0.15, 0.2) is 0 Å². The Hall–Kier alpha value is -2.94. The molecule has 194 valence electrons. The summed E-state index contributed by atoms with van der Waals surface area (Å²) in [6.45, 7) is 8.00. The van der Waals surface area contributed by atoms with Crippen molar-refractivity contribution in [1.29, 1.82) is 0 Å². The summed E-state index contributed by atoms with van der Waals surface area (Å²) >= 11 is 13.9. The van der Waals surface area contributed by atoms with Crippen molar-refractivity contribution in [3.8, 4) is 5.75 Å². The molecule has 0 saturated carbocycles. The fourth-order valence-electron chi connectivity index (χ4n) is 3.86. The molecule has 2 heterocycles. The second kappa shape index (κ2) is 12.5. The molecule has 1 N–H and O–H groups in total. The Morgan fingerprint density at radius 2 is 2.11 bits per heavy atom. The number of halogens is 2. The molecular weight excluding hydrogens is 531 g/mol. The lowest BCUT2D eigenvalue weighted by Crippen LogP contribution is -2.29. The third kappa shape index (κ3) is 6.50. The number of fused-ring (bicyclic) bond motifs is 1. The van der Waals surface area contributed by atoms with Crippen LogP contribution < -0.4 is 10.1 Å². The molecule has 0 spiro atoms. The zero-order valence-electron chi connectivity index (χ0n) is 20.7. The molecule has 0 bridgehead atoms. The first-order valence-corrected chi connectivity index (χ1v) is 13.7. The number of aromatic nitrogens is 3. The number of unbranched alkanes of at least 4 members (excludes halogenated alkanes) is 1. The van der Waals surface area contributed by atoms with Gasteiger partial charge in [-0.15, -0.1) is 5.10 Å². The number of esters is 1. The highest BCUT2D eigenvalue weighted by Gasteiger charge is 2.35. The van der Waals surface area contributed by atoms with E-state index in [4.69, 9.17) is 37.8 Å². The first kappa shape index (κ1) is 27.1. The van der Waals surface area contributed by atoms with E-state index < -0.39 is 12.0 Å². The minimum Gasteiger partial charge on any atom is -0.489 e. The van der Waals surface area contributed by atoms with Crippen LogP contribution in [0.2, 0.25) is 10.0 Å². The van der Waals surface area contributed by atoms with E-state index in [1.54, 1.807) is 34.7 Å². The second-order valence-electron chi connectivity index (χ2n) is 8.41. The molecule has 4 rings (SSSR count). The number of rotatable bonds is 11. The molecule has 37 heavy (non-hydrogen) atoms. The topological polar surface area (TPSA) is 78.3 Å². The quantitative estimate of drug-likeness (QED) is 0.116. The standard InChI is InChI=1S/C27H28Cl2N4O3S/c1-4-6-13-37-27-31-26-30-17(3)23(25(34)35-12-5-2)24(33(26)32-27)18-8-7-9-21(14-18)36-16-19-10-11-20(28)15-22(19)29/h5,7-11,14-15,24H,2,4,6,12-13,16H2,1,3H3,(H,30,31,32). The van der Waals surface area contributed by atoms with Crippen LogP contribution in [-0.2, 0) is 16.1 Å². The zero-order chi connectivity index (χ0) is 26.4. The molecule has 1 aliphatic rings. The van der Waals surface area contributed by atoms with Gasteiger partial charge in [0, 0.05) is 27.1 Å². The molecule has 0 fully saturated rings. The van der Waals surface area contributed by atoms with E-state index in [0.717, 1.165) is 29.7 Å². The van der Waals surface area contributed by atoms with E-state index in [1.165, 1.54) is 0 Å². The fourth-order valence-corrected chi connectivity index (χ4v) is 5.23. The van der Waals surface area contributed by atoms with Gasteiger partial charge in [-0.3, -0.25) is 0 Å². The average molecular weight is 560 g/mol. The van der Waals surface area contributed by atoms with Crippen LogP contribution in [-0.4, -0.2) is 33.1 Å². The highest BCUT2D eigenvalue weighted by atomic mass is 35.5. The summed E-state index contributed by atoms with van der Waals surface area (Å²) in [6, 6.07) is 12.3. The number of nitrogens with one attached hydrogen (secondary N) is 1. The van der Waals surface area contributed by atoms with Crippen LogP contribution in [0.3, 0.4) is 0 Å². The molecule has 0 saturated heterocycles. The maximum Gasteiger partial charge on any atom is 0.338 e. The normalized spacial score (nSPS) is 14.6. The van der Waals surface area contributed by atoms with E-state index in [1.807, 2.05) is 37.3 Å².